The van der Waals surface area contributed by atoms with Crippen LogP contribution in [0.15, 0.2) is 71.8 Å². The number of unbranched alkanes of at least 4 members (excludes halogenated alkanes) is 2. The Labute approximate surface area is 278 Å². The molecular weight excluding hydrogens is 596 g/mol. The zero-order chi connectivity index (χ0) is 33.6. The molecule has 1 aliphatic heterocycles. The number of rotatable bonds is 10. The van der Waals surface area contributed by atoms with E-state index >= 15 is 0 Å². The fourth-order valence-corrected chi connectivity index (χ4v) is 7.39. The Kier molecular flexibility index (Phi) is 11.0. The summed E-state index contributed by atoms with van der Waals surface area (Å²) in [5.41, 5.74) is 2.53. The fourth-order valence-electron chi connectivity index (χ4n) is 7.39. The van der Waals surface area contributed by atoms with Crippen molar-refractivity contribution in [3.05, 3.63) is 83.0 Å². The van der Waals surface area contributed by atoms with Gasteiger partial charge in [-0.1, -0.05) is 36.5 Å². The summed E-state index contributed by atoms with van der Waals surface area (Å²) in [4.78, 5) is 48.9. The van der Waals surface area contributed by atoms with Gasteiger partial charge in [-0.05, 0) is 90.1 Å². The molecule has 47 heavy (non-hydrogen) atoms. The standard InChI is InChI=1S/C38H48N2O7/c1-6-7-8-13-33(41)44-24-38-17-16-29(25(2)3)34(38)30(45-35(42)27-11-9-18-39-22-27)21-37(5)31(47-37)15-14-26(4)20-32(38)46-36(43)28-12-10-19-40-23-28/h9-12,18-20,22-23,30-32,34H,6-8,13-17,21,24H2,1-5H3/t30-,31-,32+,34-,37+,38+/m1/s1. The lowest BCUT2D eigenvalue weighted by molar-refractivity contribution is -0.153. The number of esters is 3. The van der Waals surface area contributed by atoms with E-state index in [1.807, 2.05) is 13.0 Å². The number of hydrogen-bond acceptors (Lipinski definition) is 9. The molecule has 0 unspecified atom stereocenters. The summed E-state index contributed by atoms with van der Waals surface area (Å²) in [7, 11) is 0. The Hall–Kier alpha value is -3.85. The number of aromatic nitrogens is 2. The maximum atomic E-state index is 13.7. The van der Waals surface area contributed by atoms with Crippen LogP contribution in [0, 0.1) is 11.3 Å². The molecular formula is C38H48N2O7. The van der Waals surface area contributed by atoms with E-state index in [1.54, 1.807) is 36.7 Å². The largest absolute Gasteiger partial charge is 0.465 e. The monoisotopic (exact) mass is 644 g/mol. The Balaban J connectivity index is 1.63. The number of epoxide rings is 1. The van der Waals surface area contributed by atoms with Crippen LogP contribution in [0.1, 0.15) is 113 Å². The average molecular weight is 645 g/mol. The molecule has 2 fully saturated rings. The lowest BCUT2D eigenvalue weighted by atomic mass is 9.68. The molecule has 9 nitrogen and oxygen atoms in total. The summed E-state index contributed by atoms with van der Waals surface area (Å²) < 4.78 is 25.4. The first kappa shape index (κ1) is 34.5. The molecule has 2 aromatic rings. The van der Waals surface area contributed by atoms with E-state index in [1.165, 1.54) is 12.4 Å². The van der Waals surface area contributed by atoms with Gasteiger partial charge < -0.3 is 18.9 Å². The van der Waals surface area contributed by atoms with E-state index in [0.29, 0.717) is 36.8 Å². The number of carbonyl (C=O) groups is 3. The highest BCUT2D eigenvalue weighted by Gasteiger charge is 2.61. The van der Waals surface area contributed by atoms with Crippen LogP contribution in [-0.2, 0) is 23.7 Å². The van der Waals surface area contributed by atoms with Gasteiger partial charge in [0.15, 0.2) is 0 Å². The van der Waals surface area contributed by atoms with Crippen LogP contribution < -0.4 is 0 Å². The summed E-state index contributed by atoms with van der Waals surface area (Å²) in [5.74, 6) is -1.71. The molecule has 2 aromatic heterocycles. The summed E-state index contributed by atoms with van der Waals surface area (Å²) in [5, 5.41) is 0. The van der Waals surface area contributed by atoms with Crippen molar-refractivity contribution in [3.8, 4) is 0 Å². The highest BCUT2D eigenvalue weighted by Crippen LogP contribution is 2.57. The smallest absolute Gasteiger partial charge is 0.340 e. The van der Waals surface area contributed by atoms with Crippen LogP contribution in [0.25, 0.3) is 0 Å². The van der Waals surface area contributed by atoms with Gasteiger partial charge in [-0.3, -0.25) is 14.8 Å². The number of allylic oxidation sites excluding steroid dienone is 2. The van der Waals surface area contributed by atoms with Gasteiger partial charge in [-0.2, -0.15) is 0 Å². The minimum absolute atomic E-state index is 0.00212. The Morgan fingerprint density at radius 3 is 2.28 bits per heavy atom. The molecule has 3 heterocycles. The Morgan fingerprint density at radius 1 is 0.979 bits per heavy atom. The van der Waals surface area contributed by atoms with Crippen molar-refractivity contribution < 1.29 is 33.3 Å². The van der Waals surface area contributed by atoms with Crippen molar-refractivity contribution in [2.24, 2.45) is 11.3 Å². The quantitative estimate of drug-likeness (QED) is 0.0859. The van der Waals surface area contributed by atoms with Crippen LogP contribution in [-0.4, -0.2) is 58.4 Å². The number of pyridine rings is 2. The predicted octanol–water partition coefficient (Wildman–Crippen LogP) is 7.37. The molecule has 0 radical (unpaired) electrons. The van der Waals surface area contributed by atoms with Gasteiger partial charge in [0.1, 0.15) is 18.8 Å². The van der Waals surface area contributed by atoms with Gasteiger partial charge >= 0.3 is 17.9 Å². The molecule has 6 atom stereocenters. The third-order valence-electron chi connectivity index (χ3n) is 10.1. The molecule has 0 bridgehead atoms. The fraction of sp³-hybridized carbons (Fsp3) is 0.553. The van der Waals surface area contributed by atoms with E-state index in [-0.39, 0.29) is 18.7 Å². The molecule has 252 valence electrons. The second kappa shape index (κ2) is 14.9. The van der Waals surface area contributed by atoms with E-state index in [4.69, 9.17) is 18.9 Å². The number of carbonyl (C=O) groups excluding carboxylic acids is 3. The van der Waals surface area contributed by atoms with Gasteiger partial charge in [0.05, 0.1) is 28.2 Å². The van der Waals surface area contributed by atoms with Crippen molar-refractivity contribution in [2.45, 2.75) is 116 Å². The second-order valence-electron chi connectivity index (χ2n) is 13.8. The molecule has 9 heteroatoms. The molecule has 2 aliphatic carbocycles. The summed E-state index contributed by atoms with van der Waals surface area (Å²) in [6.45, 7) is 10.3. The van der Waals surface area contributed by atoms with E-state index in [9.17, 15) is 14.4 Å². The van der Waals surface area contributed by atoms with Gasteiger partial charge in [-0.15, -0.1) is 0 Å². The summed E-state index contributed by atoms with van der Waals surface area (Å²) in [6.07, 6.45) is 13.0. The third kappa shape index (κ3) is 8.00. The third-order valence-corrected chi connectivity index (χ3v) is 10.1. The van der Waals surface area contributed by atoms with E-state index in [2.05, 4.69) is 37.7 Å². The first-order valence-electron chi connectivity index (χ1n) is 17.0. The number of ether oxygens (including phenoxy) is 4. The topological polar surface area (TPSA) is 117 Å². The maximum absolute atomic E-state index is 13.7. The molecule has 1 saturated carbocycles. The molecule has 0 N–H and O–H groups in total. The predicted molar refractivity (Wildman–Crippen MR) is 176 cm³/mol. The molecule has 1 saturated heterocycles. The van der Waals surface area contributed by atoms with Crippen molar-refractivity contribution in [1.29, 1.82) is 0 Å². The minimum atomic E-state index is -0.920. The maximum Gasteiger partial charge on any atom is 0.340 e. The molecule has 0 spiro atoms. The zero-order valence-corrected chi connectivity index (χ0v) is 28.3. The van der Waals surface area contributed by atoms with Gasteiger partial charge in [0.25, 0.3) is 0 Å². The number of nitrogens with zero attached hydrogens (tertiary/aromatic N) is 2. The Bertz CT molecular complexity index is 1490. The van der Waals surface area contributed by atoms with Crippen LogP contribution in [0.2, 0.25) is 0 Å². The van der Waals surface area contributed by atoms with Crippen molar-refractivity contribution in [1.82, 2.24) is 9.97 Å². The Morgan fingerprint density at radius 2 is 1.66 bits per heavy atom. The van der Waals surface area contributed by atoms with Crippen molar-refractivity contribution >= 4 is 17.9 Å². The molecule has 0 amide bonds. The highest BCUT2D eigenvalue weighted by atomic mass is 16.6. The average Bonchev–Trinajstić information content (AvgIpc) is 3.53. The second-order valence-corrected chi connectivity index (χ2v) is 13.8. The molecule has 3 aliphatic rings. The summed E-state index contributed by atoms with van der Waals surface area (Å²) in [6, 6.07) is 6.76. The SMILES string of the molecule is CCCCCC(=O)OC[C@]12CCC(=C(C)C)[C@@H]1[C@H](OC(=O)c1cccnc1)C[C@]1(C)O[C@@H]1CCC(C)=C[C@@H]2OC(=O)c1cccnc1. The minimum Gasteiger partial charge on any atom is -0.465 e. The number of fused-ring (bicyclic) bond motifs is 2. The lowest BCUT2D eigenvalue weighted by Gasteiger charge is -2.43. The van der Waals surface area contributed by atoms with Crippen LogP contribution in [0.5, 0.6) is 0 Å². The van der Waals surface area contributed by atoms with Crippen molar-refractivity contribution in [3.63, 3.8) is 0 Å². The lowest BCUT2D eigenvalue weighted by Crippen LogP contribution is -2.50. The molecule has 0 aromatic carbocycles. The van der Waals surface area contributed by atoms with Crippen molar-refractivity contribution in [2.75, 3.05) is 6.61 Å². The first-order valence-corrected chi connectivity index (χ1v) is 17.0. The van der Waals surface area contributed by atoms with Crippen LogP contribution in [0.3, 0.4) is 0 Å². The highest BCUT2D eigenvalue weighted by molar-refractivity contribution is 5.89. The van der Waals surface area contributed by atoms with Gasteiger partial charge in [-0.25, -0.2) is 9.59 Å². The van der Waals surface area contributed by atoms with Gasteiger partial charge in [0, 0.05) is 43.5 Å². The first-order chi connectivity index (χ1) is 22.6. The zero-order valence-electron chi connectivity index (χ0n) is 28.3. The summed E-state index contributed by atoms with van der Waals surface area (Å²) >= 11 is 0. The van der Waals surface area contributed by atoms with Gasteiger partial charge in [0.2, 0.25) is 0 Å². The van der Waals surface area contributed by atoms with Crippen LogP contribution in [0.4, 0.5) is 0 Å². The normalized spacial score (nSPS) is 28.5. The molecule has 5 rings (SSSR count). The number of hydrogen-bond donors (Lipinski definition) is 0. The van der Waals surface area contributed by atoms with Crippen LogP contribution >= 0.6 is 0 Å². The van der Waals surface area contributed by atoms with E-state index in [0.717, 1.165) is 48.8 Å². The van der Waals surface area contributed by atoms with E-state index < -0.39 is 41.1 Å².